The Hall–Kier alpha value is -3.09. The minimum absolute atomic E-state index is 0.0324. The van der Waals surface area contributed by atoms with Crippen LogP contribution in [0.2, 0.25) is 0 Å². The molecule has 1 fully saturated rings. The summed E-state index contributed by atoms with van der Waals surface area (Å²) in [5.74, 6) is 0.0962. The lowest BCUT2D eigenvalue weighted by molar-refractivity contribution is -0.157. The zero-order chi connectivity index (χ0) is 20.1. The van der Waals surface area contributed by atoms with Crippen LogP contribution in [-0.2, 0) is 29.1 Å². The van der Waals surface area contributed by atoms with Gasteiger partial charge in [-0.3, -0.25) is 14.3 Å². The van der Waals surface area contributed by atoms with E-state index in [9.17, 15) is 9.59 Å². The van der Waals surface area contributed by atoms with Gasteiger partial charge < -0.3 is 14.8 Å². The highest BCUT2D eigenvalue weighted by Crippen LogP contribution is 2.32. The van der Waals surface area contributed by atoms with Gasteiger partial charge in [-0.05, 0) is 38.0 Å². The smallest absolute Gasteiger partial charge is 0.246 e. The molecule has 1 unspecified atom stereocenters. The zero-order valence-corrected chi connectivity index (χ0v) is 16.8. The van der Waals surface area contributed by atoms with E-state index in [-0.39, 0.29) is 18.4 Å². The van der Waals surface area contributed by atoms with Gasteiger partial charge in [0.1, 0.15) is 6.04 Å². The second kappa shape index (κ2) is 6.76. The lowest BCUT2D eigenvalue weighted by Crippen LogP contribution is -2.61. The summed E-state index contributed by atoms with van der Waals surface area (Å²) in [6.07, 6.45) is 1.36. The molecule has 1 aromatic carbocycles. The zero-order valence-electron chi connectivity index (χ0n) is 16.8. The number of piperazine rings is 1. The van der Waals surface area contributed by atoms with Gasteiger partial charge in [-0.1, -0.05) is 18.2 Å². The van der Waals surface area contributed by atoms with Gasteiger partial charge in [-0.15, -0.1) is 0 Å². The molecule has 2 aliphatic rings. The SMILES string of the molecule is Cc1cc(C)n(CCCN2CC(=O)N3Cc4[nH]c5ccccc5c4CC3C2=O)n1. The summed E-state index contributed by atoms with van der Waals surface area (Å²) in [5.41, 5.74) is 5.42. The molecule has 2 amide bonds. The van der Waals surface area contributed by atoms with E-state index in [1.54, 1.807) is 9.80 Å². The Morgan fingerprint density at radius 1 is 1.14 bits per heavy atom. The summed E-state index contributed by atoms with van der Waals surface area (Å²) in [6, 6.07) is 9.80. The van der Waals surface area contributed by atoms with Crippen LogP contribution < -0.4 is 0 Å². The first-order valence-corrected chi connectivity index (χ1v) is 10.2. The number of carbonyl (C=O) groups is 2. The molecular formula is C22H25N5O2. The maximum Gasteiger partial charge on any atom is 0.246 e. The van der Waals surface area contributed by atoms with Gasteiger partial charge in [0.15, 0.2) is 0 Å². The molecule has 150 valence electrons. The quantitative estimate of drug-likeness (QED) is 0.741. The van der Waals surface area contributed by atoms with Crippen LogP contribution in [0.25, 0.3) is 10.9 Å². The maximum absolute atomic E-state index is 13.2. The van der Waals surface area contributed by atoms with Crippen LogP contribution in [0.1, 0.15) is 29.1 Å². The summed E-state index contributed by atoms with van der Waals surface area (Å²) >= 11 is 0. The highest BCUT2D eigenvalue weighted by Gasteiger charge is 2.42. The highest BCUT2D eigenvalue weighted by molar-refractivity contribution is 5.96. The second-order valence-corrected chi connectivity index (χ2v) is 8.13. The van der Waals surface area contributed by atoms with Gasteiger partial charge in [0.25, 0.3) is 0 Å². The normalized spacial score (nSPS) is 19.0. The third-order valence-corrected chi connectivity index (χ3v) is 6.15. The summed E-state index contributed by atoms with van der Waals surface area (Å²) in [5, 5.41) is 5.63. The minimum Gasteiger partial charge on any atom is -0.357 e. The number of amides is 2. The predicted octanol–water partition coefficient (Wildman–Crippen LogP) is 2.17. The fourth-order valence-electron chi connectivity index (χ4n) is 4.74. The number of hydrogen-bond donors (Lipinski definition) is 1. The summed E-state index contributed by atoms with van der Waals surface area (Å²) in [7, 11) is 0. The van der Waals surface area contributed by atoms with E-state index < -0.39 is 6.04 Å². The molecule has 0 radical (unpaired) electrons. The van der Waals surface area contributed by atoms with Crippen LogP contribution in [0.3, 0.4) is 0 Å². The monoisotopic (exact) mass is 391 g/mol. The van der Waals surface area contributed by atoms with E-state index in [1.165, 1.54) is 5.56 Å². The number of nitrogens with zero attached hydrogens (tertiary/aromatic N) is 4. The van der Waals surface area contributed by atoms with Crippen molar-refractivity contribution < 1.29 is 9.59 Å². The van der Waals surface area contributed by atoms with Gasteiger partial charge >= 0.3 is 0 Å². The van der Waals surface area contributed by atoms with Crippen molar-refractivity contribution in [3.8, 4) is 0 Å². The Kier molecular flexibility index (Phi) is 4.19. The van der Waals surface area contributed by atoms with Gasteiger partial charge in [-0.25, -0.2) is 0 Å². The Balaban J connectivity index is 1.32. The van der Waals surface area contributed by atoms with Gasteiger partial charge in [-0.2, -0.15) is 5.10 Å². The fraction of sp³-hybridized carbons (Fsp3) is 0.409. The molecule has 0 bridgehead atoms. The fourth-order valence-corrected chi connectivity index (χ4v) is 4.74. The lowest BCUT2D eigenvalue weighted by atomic mass is 9.94. The van der Waals surface area contributed by atoms with Crippen LogP contribution in [0.5, 0.6) is 0 Å². The van der Waals surface area contributed by atoms with Crippen molar-refractivity contribution in [3.63, 3.8) is 0 Å². The highest BCUT2D eigenvalue weighted by atomic mass is 16.2. The van der Waals surface area contributed by atoms with Crippen molar-refractivity contribution in [2.45, 2.75) is 45.8 Å². The van der Waals surface area contributed by atoms with Gasteiger partial charge in [0, 0.05) is 41.8 Å². The maximum atomic E-state index is 13.2. The van der Waals surface area contributed by atoms with Crippen molar-refractivity contribution in [2.24, 2.45) is 0 Å². The topological polar surface area (TPSA) is 74.2 Å². The first-order valence-electron chi connectivity index (χ1n) is 10.2. The molecule has 1 N–H and O–H groups in total. The Labute approximate surface area is 169 Å². The number of aromatic nitrogens is 3. The van der Waals surface area contributed by atoms with Crippen molar-refractivity contribution in [1.82, 2.24) is 24.6 Å². The number of aromatic amines is 1. The average Bonchev–Trinajstić information content (AvgIpc) is 3.23. The number of aryl methyl sites for hydroxylation is 3. The predicted molar refractivity (Wildman–Crippen MR) is 109 cm³/mol. The molecule has 2 aromatic heterocycles. The first kappa shape index (κ1) is 18.0. The molecule has 7 nitrogen and oxygen atoms in total. The van der Waals surface area contributed by atoms with E-state index in [4.69, 9.17) is 0 Å². The Bertz CT molecular complexity index is 1110. The van der Waals surface area contributed by atoms with Gasteiger partial charge in [0.05, 0.1) is 18.8 Å². The van der Waals surface area contributed by atoms with E-state index >= 15 is 0 Å². The molecule has 0 spiro atoms. The molecule has 1 atom stereocenters. The third-order valence-electron chi connectivity index (χ3n) is 6.15. The Morgan fingerprint density at radius 2 is 1.97 bits per heavy atom. The van der Waals surface area contributed by atoms with Crippen LogP contribution in [0.4, 0.5) is 0 Å². The van der Waals surface area contributed by atoms with E-state index in [2.05, 4.69) is 16.1 Å². The molecule has 3 aromatic rings. The Morgan fingerprint density at radius 3 is 2.76 bits per heavy atom. The number of rotatable bonds is 4. The number of fused-ring (bicyclic) bond motifs is 4. The molecule has 1 saturated heterocycles. The number of carbonyl (C=O) groups excluding carboxylic acids is 2. The van der Waals surface area contributed by atoms with Crippen molar-refractivity contribution in [2.75, 3.05) is 13.1 Å². The largest absolute Gasteiger partial charge is 0.357 e. The summed E-state index contributed by atoms with van der Waals surface area (Å²) in [4.78, 5) is 32.9. The summed E-state index contributed by atoms with van der Waals surface area (Å²) < 4.78 is 1.97. The van der Waals surface area contributed by atoms with E-state index in [0.717, 1.165) is 41.0 Å². The van der Waals surface area contributed by atoms with Crippen molar-refractivity contribution in [3.05, 3.63) is 53.0 Å². The van der Waals surface area contributed by atoms with Crippen molar-refractivity contribution in [1.29, 1.82) is 0 Å². The molecule has 2 aliphatic heterocycles. The molecule has 0 aliphatic carbocycles. The molecule has 29 heavy (non-hydrogen) atoms. The number of para-hydroxylation sites is 1. The molecule has 7 heteroatoms. The van der Waals surface area contributed by atoms with Crippen LogP contribution in [0.15, 0.2) is 30.3 Å². The summed E-state index contributed by atoms with van der Waals surface area (Å²) in [6.45, 7) is 5.99. The molecule has 0 saturated carbocycles. The third kappa shape index (κ3) is 3.01. The number of nitrogens with one attached hydrogen (secondary N) is 1. The van der Waals surface area contributed by atoms with E-state index in [1.807, 2.05) is 42.8 Å². The number of hydrogen-bond acceptors (Lipinski definition) is 3. The standard InChI is InChI=1S/C22H25N5O2/c1-14-10-15(2)27(24-14)9-5-8-25-13-21(28)26-12-19-17(11-20(26)22(25)29)16-6-3-4-7-18(16)23-19/h3-4,6-7,10,20,23H,5,8-9,11-13H2,1-2H3. The number of benzene rings is 1. The molecule has 4 heterocycles. The minimum atomic E-state index is -0.392. The number of H-pyrrole nitrogens is 1. The van der Waals surface area contributed by atoms with Gasteiger partial charge in [0.2, 0.25) is 11.8 Å². The van der Waals surface area contributed by atoms with E-state index in [0.29, 0.717) is 19.5 Å². The van der Waals surface area contributed by atoms with Crippen molar-refractivity contribution >= 4 is 22.7 Å². The van der Waals surface area contributed by atoms with Crippen LogP contribution in [-0.4, -0.2) is 55.5 Å². The second-order valence-electron chi connectivity index (χ2n) is 8.13. The average molecular weight is 391 g/mol. The van der Waals surface area contributed by atoms with Crippen LogP contribution >= 0.6 is 0 Å². The molecular weight excluding hydrogens is 366 g/mol. The first-order chi connectivity index (χ1) is 14.0. The molecule has 5 rings (SSSR count). The lowest BCUT2D eigenvalue weighted by Gasteiger charge is -2.42. The van der Waals surface area contributed by atoms with Crippen LogP contribution in [0, 0.1) is 13.8 Å².